The maximum Gasteiger partial charge on any atom is 0.186 e. The summed E-state index contributed by atoms with van der Waals surface area (Å²) < 4.78 is 13.6. The maximum absolute atomic E-state index is 13.0. The molecule has 1 heterocycles. The van der Waals surface area contributed by atoms with E-state index in [0.29, 0.717) is 23.1 Å². The minimum atomic E-state index is -0.332. The van der Waals surface area contributed by atoms with Crippen molar-refractivity contribution in [1.29, 1.82) is 0 Å². The van der Waals surface area contributed by atoms with E-state index < -0.39 is 0 Å². The summed E-state index contributed by atoms with van der Waals surface area (Å²) in [6.45, 7) is 0.519. The van der Waals surface area contributed by atoms with Gasteiger partial charge in [0.2, 0.25) is 0 Å². The van der Waals surface area contributed by atoms with Gasteiger partial charge in [-0.15, -0.1) is 11.3 Å². The van der Waals surface area contributed by atoms with Crippen LogP contribution < -0.4 is 5.73 Å². The molecule has 6 heteroatoms. The summed E-state index contributed by atoms with van der Waals surface area (Å²) in [6, 6.07) is 4.29. The number of carbonyl (C=O) groups excluding carboxylic acids is 1. The molecule has 0 radical (unpaired) electrons. The predicted molar refractivity (Wildman–Crippen MR) is 77.0 cm³/mol. The van der Waals surface area contributed by atoms with Crippen LogP contribution in [0.25, 0.3) is 0 Å². The van der Waals surface area contributed by atoms with Crippen molar-refractivity contribution in [3.8, 4) is 0 Å². The summed E-state index contributed by atoms with van der Waals surface area (Å²) in [6.07, 6.45) is 0.880. The van der Waals surface area contributed by atoms with Crippen LogP contribution in [-0.4, -0.2) is 17.3 Å². The van der Waals surface area contributed by atoms with Crippen molar-refractivity contribution < 1.29 is 9.18 Å². The molecule has 19 heavy (non-hydrogen) atoms. The van der Waals surface area contributed by atoms with E-state index in [9.17, 15) is 9.18 Å². The van der Waals surface area contributed by atoms with Crippen LogP contribution in [0.15, 0.2) is 28.1 Å². The van der Waals surface area contributed by atoms with Crippen molar-refractivity contribution in [2.24, 2.45) is 5.73 Å². The fraction of sp³-hybridized carbons (Fsp3) is 0.231. The number of halogens is 2. The topological polar surface area (TPSA) is 56.0 Å². The predicted octanol–water partition coefficient (Wildman–Crippen LogP) is 2.97. The van der Waals surface area contributed by atoms with E-state index in [1.54, 1.807) is 11.4 Å². The van der Waals surface area contributed by atoms with Crippen molar-refractivity contribution in [1.82, 2.24) is 4.98 Å². The normalized spacial score (nSPS) is 10.7. The Morgan fingerprint density at radius 1 is 1.47 bits per heavy atom. The van der Waals surface area contributed by atoms with E-state index in [2.05, 4.69) is 20.9 Å². The number of ketones is 1. The molecule has 0 saturated heterocycles. The molecule has 100 valence electrons. The van der Waals surface area contributed by atoms with Gasteiger partial charge in [0.15, 0.2) is 5.78 Å². The highest BCUT2D eigenvalue weighted by Crippen LogP contribution is 2.20. The van der Waals surface area contributed by atoms with Gasteiger partial charge in [0.25, 0.3) is 0 Å². The van der Waals surface area contributed by atoms with E-state index in [1.165, 1.54) is 23.5 Å². The average molecular weight is 343 g/mol. The molecular weight excluding hydrogens is 331 g/mol. The first kappa shape index (κ1) is 14.3. The molecule has 0 spiro atoms. The van der Waals surface area contributed by atoms with E-state index in [0.717, 1.165) is 10.6 Å². The van der Waals surface area contributed by atoms with Crippen molar-refractivity contribution in [2.45, 2.75) is 12.8 Å². The molecule has 1 aromatic heterocycles. The number of aromatic nitrogens is 1. The summed E-state index contributed by atoms with van der Waals surface area (Å²) in [5.74, 6) is -0.409. The van der Waals surface area contributed by atoms with Crippen LogP contribution in [0.3, 0.4) is 0 Å². The van der Waals surface area contributed by atoms with Crippen molar-refractivity contribution in [2.75, 3.05) is 6.54 Å². The minimum absolute atomic E-state index is 0.0770. The fourth-order valence-electron chi connectivity index (χ4n) is 1.61. The van der Waals surface area contributed by atoms with Crippen LogP contribution in [0.5, 0.6) is 0 Å². The number of Topliss-reactive ketones (excluding diaryl/α,β-unsaturated/α-hetero) is 1. The first-order valence-electron chi connectivity index (χ1n) is 5.71. The Kier molecular flexibility index (Phi) is 4.79. The molecule has 1 aromatic carbocycles. The zero-order chi connectivity index (χ0) is 13.8. The molecule has 0 amide bonds. The van der Waals surface area contributed by atoms with Gasteiger partial charge in [-0.05, 0) is 24.2 Å². The Balaban J connectivity index is 2.11. The fourth-order valence-corrected chi connectivity index (χ4v) is 2.92. The summed E-state index contributed by atoms with van der Waals surface area (Å²) in [5, 5.41) is 2.61. The lowest BCUT2D eigenvalue weighted by Gasteiger charge is -2.02. The van der Waals surface area contributed by atoms with Gasteiger partial charge < -0.3 is 5.73 Å². The SMILES string of the molecule is NCCc1nc(C(=O)Cc2ccc(F)cc2Br)cs1. The number of benzene rings is 1. The summed E-state index contributed by atoms with van der Waals surface area (Å²) >= 11 is 4.69. The number of rotatable bonds is 5. The highest BCUT2D eigenvalue weighted by molar-refractivity contribution is 9.10. The van der Waals surface area contributed by atoms with E-state index in [-0.39, 0.29) is 18.0 Å². The third kappa shape index (κ3) is 3.68. The standard InChI is InChI=1S/C13H12BrFN2OS/c14-10-6-9(15)2-1-8(10)5-12(18)11-7-19-13(17-11)3-4-16/h1-2,6-7H,3-5,16H2. The highest BCUT2D eigenvalue weighted by Gasteiger charge is 2.13. The van der Waals surface area contributed by atoms with E-state index in [1.807, 2.05) is 0 Å². The first-order valence-corrected chi connectivity index (χ1v) is 7.39. The smallest absolute Gasteiger partial charge is 0.186 e. The number of nitrogens with two attached hydrogens (primary N) is 1. The van der Waals surface area contributed by atoms with Gasteiger partial charge in [-0.3, -0.25) is 4.79 Å². The summed E-state index contributed by atoms with van der Waals surface area (Å²) in [4.78, 5) is 16.3. The highest BCUT2D eigenvalue weighted by atomic mass is 79.9. The van der Waals surface area contributed by atoms with Crippen molar-refractivity contribution in [3.63, 3.8) is 0 Å². The van der Waals surface area contributed by atoms with Gasteiger partial charge in [0.1, 0.15) is 11.5 Å². The average Bonchev–Trinajstić information content (AvgIpc) is 2.82. The summed E-state index contributed by atoms with van der Waals surface area (Å²) in [5.41, 5.74) is 6.64. The number of carbonyl (C=O) groups is 1. The van der Waals surface area contributed by atoms with Crippen LogP contribution in [0.1, 0.15) is 21.1 Å². The lowest BCUT2D eigenvalue weighted by atomic mass is 10.1. The molecule has 0 saturated carbocycles. The number of hydrogen-bond acceptors (Lipinski definition) is 4. The first-order chi connectivity index (χ1) is 9.10. The van der Waals surface area contributed by atoms with Crippen LogP contribution in [0, 0.1) is 5.82 Å². The minimum Gasteiger partial charge on any atom is -0.330 e. The quantitative estimate of drug-likeness (QED) is 0.850. The maximum atomic E-state index is 13.0. The second kappa shape index (κ2) is 6.36. The molecule has 0 bridgehead atoms. The zero-order valence-corrected chi connectivity index (χ0v) is 12.4. The van der Waals surface area contributed by atoms with Crippen LogP contribution in [0.2, 0.25) is 0 Å². The lowest BCUT2D eigenvalue weighted by molar-refractivity contribution is 0.0988. The van der Waals surface area contributed by atoms with Crippen LogP contribution in [-0.2, 0) is 12.8 Å². The second-order valence-corrected chi connectivity index (χ2v) is 5.80. The number of hydrogen-bond donors (Lipinski definition) is 1. The van der Waals surface area contributed by atoms with Gasteiger partial charge in [-0.25, -0.2) is 9.37 Å². The van der Waals surface area contributed by atoms with Gasteiger partial charge in [0, 0.05) is 22.7 Å². The Labute approximate surface area is 122 Å². The van der Waals surface area contributed by atoms with Crippen molar-refractivity contribution >= 4 is 33.0 Å². The Bertz CT molecular complexity index is 600. The molecule has 0 aliphatic heterocycles. The molecule has 2 rings (SSSR count). The van der Waals surface area contributed by atoms with E-state index in [4.69, 9.17) is 5.73 Å². The zero-order valence-electron chi connectivity index (χ0n) is 10.0. The third-order valence-electron chi connectivity index (χ3n) is 2.56. The van der Waals surface area contributed by atoms with Crippen LogP contribution in [0.4, 0.5) is 4.39 Å². The van der Waals surface area contributed by atoms with Gasteiger partial charge >= 0.3 is 0 Å². The van der Waals surface area contributed by atoms with Crippen molar-refractivity contribution in [3.05, 3.63) is 50.1 Å². The molecule has 2 aromatic rings. The van der Waals surface area contributed by atoms with Gasteiger partial charge in [-0.2, -0.15) is 0 Å². The largest absolute Gasteiger partial charge is 0.330 e. The Morgan fingerprint density at radius 2 is 2.26 bits per heavy atom. The molecule has 0 fully saturated rings. The Hall–Kier alpha value is -1.11. The molecule has 0 aliphatic rings. The number of thiazole rings is 1. The second-order valence-electron chi connectivity index (χ2n) is 4.00. The molecule has 3 nitrogen and oxygen atoms in total. The monoisotopic (exact) mass is 342 g/mol. The molecular formula is C13H12BrFN2OS. The van der Waals surface area contributed by atoms with Gasteiger partial charge in [0.05, 0.1) is 5.01 Å². The Morgan fingerprint density at radius 3 is 2.95 bits per heavy atom. The van der Waals surface area contributed by atoms with Crippen LogP contribution >= 0.6 is 27.3 Å². The molecule has 0 unspecified atom stereocenters. The number of nitrogens with zero attached hydrogens (tertiary/aromatic N) is 1. The summed E-state index contributed by atoms with van der Waals surface area (Å²) in [7, 11) is 0. The lowest BCUT2D eigenvalue weighted by Crippen LogP contribution is -2.06. The molecule has 0 atom stereocenters. The molecule has 0 aliphatic carbocycles. The van der Waals surface area contributed by atoms with Gasteiger partial charge in [-0.1, -0.05) is 22.0 Å². The molecule has 2 N–H and O–H groups in total. The third-order valence-corrected chi connectivity index (χ3v) is 4.21. The van der Waals surface area contributed by atoms with E-state index >= 15 is 0 Å².